The summed E-state index contributed by atoms with van der Waals surface area (Å²) in [5, 5.41) is 4.92. The Morgan fingerprint density at radius 2 is 1.60 bits per heavy atom. The third-order valence-electron chi connectivity index (χ3n) is 3.47. The van der Waals surface area contributed by atoms with Crippen molar-refractivity contribution >= 4 is 10.0 Å². The lowest BCUT2D eigenvalue weighted by Gasteiger charge is -2.23. The zero-order chi connectivity index (χ0) is 11.5. The topological polar surface area (TPSA) is 60.2 Å². The van der Waals surface area contributed by atoms with Crippen LogP contribution in [0, 0.1) is 5.41 Å². The lowest BCUT2D eigenvalue weighted by Crippen LogP contribution is -2.28. The lowest BCUT2D eigenvalue weighted by molar-refractivity contribution is 0.293. The fraction of sp³-hybridized carbons (Fsp3) is 1.00. The van der Waals surface area contributed by atoms with Gasteiger partial charge >= 0.3 is 0 Å². The molecule has 2 N–H and O–H groups in total. The molecule has 1 rings (SSSR count). The van der Waals surface area contributed by atoms with E-state index < -0.39 is 10.0 Å². The highest BCUT2D eigenvalue weighted by Crippen LogP contribution is 2.33. The first-order valence-corrected chi connectivity index (χ1v) is 7.44. The smallest absolute Gasteiger partial charge is 0.211 e. The molecule has 1 aliphatic rings. The van der Waals surface area contributed by atoms with Gasteiger partial charge in [-0.2, -0.15) is 0 Å². The van der Waals surface area contributed by atoms with Crippen LogP contribution < -0.4 is 5.14 Å². The molecule has 0 aromatic heterocycles. The molecule has 1 fully saturated rings. The number of primary sulfonamides is 1. The molecular formula is C11H23NO2S. The van der Waals surface area contributed by atoms with Gasteiger partial charge in [0, 0.05) is 0 Å². The number of hydrogen-bond donors (Lipinski definition) is 1. The van der Waals surface area contributed by atoms with Crippen molar-refractivity contribution in [1.82, 2.24) is 0 Å². The van der Waals surface area contributed by atoms with Crippen LogP contribution in [0.3, 0.4) is 0 Å². The summed E-state index contributed by atoms with van der Waals surface area (Å²) in [6.07, 6.45) is 6.89. The second kappa shape index (κ2) is 4.83. The molecule has 0 radical (unpaired) electrons. The molecule has 0 aromatic carbocycles. The predicted molar refractivity (Wildman–Crippen MR) is 63.0 cm³/mol. The van der Waals surface area contributed by atoms with Crippen LogP contribution in [0.15, 0.2) is 0 Å². The Morgan fingerprint density at radius 1 is 1.07 bits per heavy atom. The van der Waals surface area contributed by atoms with Gasteiger partial charge in [-0.15, -0.1) is 0 Å². The summed E-state index contributed by atoms with van der Waals surface area (Å²) in [7, 11) is -3.32. The molecule has 15 heavy (non-hydrogen) atoms. The van der Waals surface area contributed by atoms with Gasteiger partial charge in [0.2, 0.25) is 10.0 Å². The maximum absolute atomic E-state index is 11.3. The summed E-state index contributed by atoms with van der Waals surface area (Å²) in [5.74, 6) is 0. The predicted octanol–water partition coefficient (Wildman–Crippen LogP) is 2.41. The van der Waals surface area contributed by atoms with E-state index in [1.54, 1.807) is 0 Å². The Labute approximate surface area is 93.5 Å². The van der Waals surface area contributed by atoms with Crippen LogP contribution >= 0.6 is 0 Å². The molecule has 0 amide bonds. The number of hydrogen-bond acceptors (Lipinski definition) is 2. The molecule has 90 valence electrons. The van der Waals surface area contributed by atoms with E-state index in [4.69, 9.17) is 5.14 Å². The summed E-state index contributed by atoms with van der Waals surface area (Å²) in [6.45, 7) is 4.54. The quantitative estimate of drug-likeness (QED) is 0.756. The van der Waals surface area contributed by atoms with Crippen LogP contribution in [0.4, 0.5) is 0 Å². The first-order chi connectivity index (χ1) is 6.81. The van der Waals surface area contributed by atoms with Crippen LogP contribution in [0.2, 0.25) is 0 Å². The van der Waals surface area contributed by atoms with Crippen molar-refractivity contribution in [2.75, 3.05) is 0 Å². The van der Waals surface area contributed by atoms with E-state index in [0.29, 0.717) is 5.41 Å². The maximum atomic E-state index is 11.3. The van der Waals surface area contributed by atoms with E-state index in [0.717, 1.165) is 38.5 Å². The fourth-order valence-corrected chi connectivity index (χ4v) is 3.37. The third kappa shape index (κ3) is 4.51. The highest BCUT2D eigenvalue weighted by atomic mass is 32.2. The summed E-state index contributed by atoms with van der Waals surface area (Å²) in [4.78, 5) is 0. The van der Waals surface area contributed by atoms with Gasteiger partial charge in [0.1, 0.15) is 0 Å². The van der Waals surface area contributed by atoms with Gasteiger partial charge in [-0.1, -0.05) is 33.1 Å². The van der Waals surface area contributed by atoms with Crippen molar-refractivity contribution in [2.24, 2.45) is 10.6 Å². The second-order valence-electron chi connectivity index (χ2n) is 5.51. The van der Waals surface area contributed by atoms with Crippen molar-refractivity contribution in [3.05, 3.63) is 0 Å². The average Bonchev–Trinajstić information content (AvgIpc) is 2.13. The fourth-order valence-electron chi connectivity index (χ4n) is 2.38. The van der Waals surface area contributed by atoms with Gasteiger partial charge in [-0.05, 0) is 31.1 Å². The molecule has 1 atom stereocenters. The van der Waals surface area contributed by atoms with Crippen molar-refractivity contribution in [3.63, 3.8) is 0 Å². The normalized spacial score (nSPS) is 28.9. The molecule has 3 nitrogen and oxygen atoms in total. The molecule has 1 unspecified atom stereocenters. The third-order valence-corrected chi connectivity index (χ3v) is 4.87. The summed E-state index contributed by atoms with van der Waals surface area (Å²) in [5.41, 5.74) is 0.368. The van der Waals surface area contributed by atoms with E-state index in [9.17, 15) is 8.42 Å². The standard InChI is InChI=1S/C11H23NO2S/c1-11(2)8-4-3-6-10(7-5-9-11)15(12,13)14/h10H,3-9H2,1-2H3,(H2,12,13,14). The highest BCUT2D eigenvalue weighted by molar-refractivity contribution is 7.89. The minimum atomic E-state index is -3.32. The Kier molecular flexibility index (Phi) is 4.18. The summed E-state index contributed by atoms with van der Waals surface area (Å²) >= 11 is 0. The molecule has 0 bridgehead atoms. The van der Waals surface area contributed by atoms with Crippen LogP contribution in [-0.2, 0) is 10.0 Å². The number of rotatable bonds is 1. The monoisotopic (exact) mass is 233 g/mol. The zero-order valence-corrected chi connectivity index (χ0v) is 10.6. The van der Waals surface area contributed by atoms with Gasteiger partial charge in [-0.3, -0.25) is 0 Å². The van der Waals surface area contributed by atoms with Crippen LogP contribution in [-0.4, -0.2) is 13.7 Å². The molecule has 1 saturated carbocycles. The Morgan fingerprint density at radius 3 is 2.20 bits per heavy atom. The minimum Gasteiger partial charge on any atom is -0.228 e. The van der Waals surface area contributed by atoms with E-state index >= 15 is 0 Å². The van der Waals surface area contributed by atoms with Crippen molar-refractivity contribution in [3.8, 4) is 0 Å². The van der Waals surface area contributed by atoms with Crippen LogP contribution in [0.5, 0.6) is 0 Å². The molecule has 1 aliphatic carbocycles. The van der Waals surface area contributed by atoms with Crippen molar-refractivity contribution < 1.29 is 8.42 Å². The summed E-state index contributed by atoms with van der Waals surface area (Å²) in [6, 6.07) is 0. The Balaban J connectivity index is 2.61. The van der Waals surface area contributed by atoms with Crippen molar-refractivity contribution in [1.29, 1.82) is 0 Å². The van der Waals surface area contributed by atoms with E-state index in [1.165, 1.54) is 6.42 Å². The molecule has 0 saturated heterocycles. The van der Waals surface area contributed by atoms with Crippen molar-refractivity contribution in [2.45, 2.75) is 64.0 Å². The molecular weight excluding hydrogens is 210 g/mol. The summed E-state index contributed by atoms with van der Waals surface area (Å²) < 4.78 is 22.6. The number of nitrogens with two attached hydrogens (primary N) is 1. The van der Waals surface area contributed by atoms with E-state index in [2.05, 4.69) is 13.8 Å². The largest absolute Gasteiger partial charge is 0.228 e. The first-order valence-electron chi connectivity index (χ1n) is 5.83. The average molecular weight is 233 g/mol. The van der Waals surface area contributed by atoms with E-state index in [1.807, 2.05) is 0 Å². The Bertz CT molecular complexity index is 296. The molecule has 0 spiro atoms. The second-order valence-corrected chi connectivity index (χ2v) is 7.36. The van der Waals surface area contributed by atoms with Gasteiger partial charge in [0.25, 0.3) is 0 Å². The lowest BCUT2D eigenvalue weighted by atomic mass is 9.83. The SMILES string of the molecule is CC1(C)CCCCC(S(N)(=O)=O)CCC1. The zero-order valence-electron chi connectivity index (χ0n) is 9.83. The maximum Gasteiger partial charge on any atom is 0.211 e. The van der Waals surface area contributed by atoms with Gasteiger partial charge in [0.05, 0.1) is 5.25 Å². The van der Waals surface area contributed by atoms with Crippen LogP contribution in [0.25, 0.3) is 0 Å². The van der Waals surface area contributed by atoms with Gasteiger partial charge in [0.15, 0.2) is 0 Å². The van der Waals surface area contributed by atoms with Gasteiger partial charge < -0.3 is 0 Å². The number of sulfonamides is 1. The molecule has 0 aromatic rings. The molecule has 0 aliphatic heterocycles. The molecule has 0 heterocycles. The first kappa shape index (κ1) is 13.0. The minimum absolute atomic E-state index is 0.300. The Hall–Kier alpha value is -0.0900. The van der Waals surface area contributed by atoms with Gasteiger partial charge in [-0.25, -0.2) is 13.6 Å². The highest BCUT2D eigenvalue weighted by Gasteiger charge is 2.25. The molecule has 4 heteroatoms. The van der Waals surface area contributed by atoms with Crippen LogP contribution in [0.1, 0.15) is 58.8 Å². The van der Waals surface area contributed by atoms with E-state index in [-0.39, 0.29) is 5.25 Å².